The Labute approximate surface area is 102 Å². The maximum atomic E-state index is 13.1. The number of rotatable bonds is 8. The van der Waals surface area contributed by atoms with Crippen molar-refractivity contribution in [2.24, 2.45) is 0 Å². The molecule has 3 nitrogen and oxygen atoms in total. The molecule has 1 N–H and O–H groups in total. The number of methoxy groups -OCH3 is 1. The lowest BCUT2D eigenvalue weighted by Crippen LogP contribution is -2.08. The Hall–Kier alpha value is -1.13. The molecule has 0 fully saturated rings. The van der Waals surface area contributed by atoms with Crippen LogP contribution in [0.5, 0.6) is 0 Å². The van der Waals surface area contributed by atoms with Gasteiger partial charge in [-0.2, -0.15) is 0 Å². The number of ether oxygens (including phenoxy) is 2. The van der Waals surface area contributed by atoms with Gasteiger partial charge >= 0.3 is 0 Å². The summed E-state index contributed by atoms with van der Waals surface area (Å²) >= 11 is 0. The van der Waals surface area contributed by atoms with Crippen molar-refractivity contribution in [2.45, 2.75) is 13.3 Å². The molecule has 0 unspecified atom stereocenters. The Kier molecular flexibility index (Phi) is 6.58. The first kappa shape index (κ1) is 13.9. The molecular formula is C13H20FNO2. The minimum Gasteiger partial charge on any atom is -0.385 e. The Balaban J connectivity index is 2.13. The van der Waals surface area contributed by atoms with E-state index in [0.717, 1.165) is 24.2 Å². The lowest BCUT2D eigenvalue weighted by molar-refractivity contribution is 0.0705. The van der Waals surface area contributed by atoms with E-state index in [1.807, 2.05) is 13.0 Å². The SMILES string of the molecule is COCCOCCCNc1cc(C)cc(F)c1. The van der Waals surface area contributed by atoms with Crippen LogP contribution in [-0.2, 0) is 9.47 Å². The minimum absolute atomic E-state index is 0.205. The monoisotopic (exact) mass is 241 g/mol. The van der Waals surface area contributed by atoms with Gasteiger partial charge in [0.1, 0.15) is 5.82 Å². The standard InChI is InChI=1S/C13H20FNO2/c1-11-8-12(14)10-13(9-11)15-4-3-5-17-7-6-16-2/h8-10,15H,3-7H2,1-2H3. The molecule has 0 saturated heterocycles. The first-order valence-electron chi connectivity index (χ1n) is 5.80. The van der Waals surface area contributed by atoms with Crippen molar-refractivity contribution < 1.29 is 13.9 Å². The third-order valence-corrected chi connectivity index (χ3v) is 2.27. The zero-order valence-corrected chi connectivity index (χ0v) is 10.5. The number of anilines is 1. The number of halogens is 1. The van der Waals surface area contributed by atoms with Gasteiger partial charge in [0.05, 0.1) is 13.2 Å². The summed E-state index contributed by atoms with van der Waals surface area (Å²) < 4.78 is 23.2. The zero-order chi connectivity index (χ0) is 12.5. The van der Waals surface area contributed by atoms with E-state index < -0.39 is 0 Å². The number of hydrogen-bond acceptors (Lipinski definition) is 3. The van der Waals surface area contributed by atoms with E-state index in [9.17, 15) is 4.39 Å². The Morgan fingerprint density at radius 3 is 2.71 bits per heavy atom. The fourth-order valence-corrected chi connectivity index (χ4v) is 1.49. The summed E-state index contributed by atoms with van der Waals surface area (Å²) in [7, 11) is 1.65. The van der Waals surface area contributed by atoms with Crippen molar-refractivity contribution in [2.75, 3.05) is 38.8 Å². The summed E-state index contributed by atoms with van der Waals surface area (Å²) in [5.74, 6) is -0.205. The number of benzene rings is 1. The van der Waals surface area contributed by atoms with Gasteiger partial charge in [0.15, 0.2) is 0 Å². The van der Waals surface area contributed by atoms with Crippen molar-refractivity contribution in [1.29, 1.82) is 0 Å². The lowest BCUT2D eigenvalue weighted by atomic mass is 10.2. The summed E-state index contributed by atoms with van der Waals surface area (Å²) in [5.41, 5.74) is 1.74. The second kappa shape index (κ2) is 8.03. The average molecular weight is 241 g/mol. The second-order valence-electron chi connectivity index (χ2n) is 3.90. The zero-order valence-electron chi connectivity index (χ0n) is 10.5. The molecule has 0 heterocycles. The van der Waals surface area contributed by atoms with Crippen LogP contribution in [-0.4, -0.2) is 33.5 Å². The molecule has 4 heteroatoms. The van der Waals surface area contributed by atoms with Crippen LogP contribution >= 0.6 is 0 Å². The van der Waals surface area contributed by atoms with E-state index in [1.165, 1.54) is 12.1 Å². The third kappa shape index (κ3) is 6.24. The van der Waals surface area contributed by atoms with Crippen LogP contribution in [0, 0.1) is 12.7 Å². The summed E-state index contributed by atoms with van der Waals surface area (Å²) in [6.45, 7) is 4.58. The van der Waals surface area contributed by atoms with Crippen LogP contribution in [0.3, 0.4) is 0 Å². The molecule has 1 rings (SSSR count). The average Bonchev–Trinajstić information content (AvgIpc) is 2.26. The highest BCUT2D eigenvalue weighted by Gasteiger charge is 1.97. The van der Waals surface area contributed by atoms with Gasteiger partial charge in [-0.15, -0.1) is 0 Å². The molecule has 0 aliphatic carbocycles. The quantitative estimate of drug-likeness (QED) is 0.710. The first-order chi connectivity index (χ1) is 8.22. The second-order valence-corrected chi connectivity index (χ2v) is 3.90. The Morgan fingerprint density at radius 2 is 2.00 bits per heavy atom. The van der Waals surface area contributed by atoms with Crippen molar-refractivity contribution in [1.82, 2.24) is 0 Å². The molecule has 0 saturated carbocycles. The van der Waals surface area contributed by atoms with Crippen LogP contribution in [0.1, 0.15) is 12.0 Å². The van der Waals surface area contributed by atoms with Gasteiger partial charge in [0.25, 0.3) is 0 Å². The van der Waals surface area contributed by atoms with Crippen LogP contribution < -0.4 is 5.32 Å². The van der Waals surface area contributed by atoms with E-state index in [1.54, 1.807) is 7.11 Å². The normalized spacial score (nSPS) is 10.5. The minimum atomic E-state index is -0.205. The number of aryl methyl sites for hydroxylation is 1. The van der Waals surface area contributed by atoms with Crippen molar-refractivity contribution in [3.05, 3.63) is 29.6 Å². The van der Waals surface area contributed by atoms with Gasteiger partial charge in [0, 0.05) is 25.9 Å². The first-order valence-corrected chi connectivity index (χ1v) is 5.80. The van der Waals surface area contributed by atoms with Crippen molar-refractivity contribution >= 4 is 5.69 Å². The van der Waals surface area contributed by atoms with Gasteiger partial charge in [-0.3, -0.25) is 0 Å². The van der Waals surface area contributed by atoms with Gasteiger partial charge in [0.2, 0.25) is 0 Å². The number of nitrogens with one attached hydrogen (secondary N) is 1. The molecule has 1 aromatic rings. The summed E-state index contributed by atoms with van der Waals surface area (Å²) in [4.78, 5) is 0. The van der Waals surface area contributed by atoms with Crippen molar-refractivity contribution in [3.63, 3.8) is 0 Å². The molecule has 96 valence electrons. The Morgan fingerprint density at radius 1 is 1.18 bits per heavy atom. The van der Waals surface area contributed by atoms with Gasteiger partial charge in [-0.05, 0) is 37.1 Å². The van der Waals surface area contributed by atoms with Crippen LogP contribution in [0.2, 0.25) is 0 Å². The fourth-order valence-electron chi connectivity index (χ4n) is 1.49. The summed E-state index contributed by atoms with van der Waals surface area (Å²) in [6, 6.07) is 4.94. The lowest BCUT2D eigenvalue weighted by Gasteiger charge is -2.08. The van der Waals surface area contributed by atoms with E-state index in [2.05, 4.69) is 5.32 Å². The molecule has 0 aliphatic heterocycles. The molecule has 17 heavy (non-hydrogen) atoms. The third-order valence-electron chi connectivity index (χ3n) is 2.27. The summed E-state index contributed by atoms with van der Waals surface area (Å²) in [6.07, 6.45) is 0.888. The van der Waals surface area contributed by atoms with E-state index >= 15 is 0 Å². The van der Waals surface area contributed by atoms with E-state index in [0.29, 0.717) is 19.8 Å². The predicted octanol–water partition coefficient (Wildman–Crippen LogP) is 2.60. The van der Waals surface area contributed by atoms with Gasteiger partial charge in [-0.25, -0.2) is 4.39 Å². The molecule has 0 atom stereocenters. The Bertz CT molecular complexity index is 311. The molecule has 0 radical (unpaired) electrons. The van der Waals surface area contributed by atoms with Crippen LogP contribution in [0.25, 0.3) is 0 Å². The van der Waals surface area contributed by atoms with E-state index in [4.69, 9.17) is 9.47 Å². The number of hydrogen-bond donors (Lipinski definition) is 1. The largest absolute Gasteiger partial charge is 0.385 e. The van der Waals surface area contributed by atoms with Gasteiger partial charge in [-0.1, -0.05) is 0 Å². The van der Waals surface area contributed by atoms with Crippen LogP contribution in [0.15, 0.2) is 18.2 Å². The highest BCUT2D eigenvalue weighted by Crippen LogP contribution is 2.12. The van der Waals surface area contributed by atoms with Crippen molar-refractivity contribution in [3.8, 4) is 0 Å². The molecule has 0 aliphatic rings. The highest BCUT2D eigenvalue weighted by atomic mass is 19.1. The smallest absolute Gasteiger partial charge is 0.125 e. The molecular weight excluding hydrogens is 221 g/mol. The van der Waals surface area contributed by atoms with Gasteiger partial charge < -0.3 is 14.8 Å². The molecule has 1 aromatic carbocycles. The fraction of sp³-hybridized carbons (Fsp3) is 0.538. The maximum Gasteiger partial charge on any atom is 0.125 e. The molecule has 0 spiro atoms. The molecule has 0 amide bonds. The maximum absolute atomic E-state index is 13.1. The van der Waals surface area contributed by atoms with E-state index in [-0.39, 0.29) is 5.82 Å². The van der Waals surface area contributed by atoms with Crippen LogP contribution in [0.4, 0.5) is 10.1 Å². The molecule has 0 aromatic heterocycles. The molecule has 0 bridgehead atoms. The predicted molar refractivity (Wildman–Crippen MR) is 66.9 cm³/mol. The topological polar surface area (TPSA) is 30.5 Å². The summed E-state index contributed by atoms with van der Waals surface area (Å²) in [5, 5.41) is 3.17. The highest BCUT2D eigenvalue weighted by molar-refractivity contribution is 5.45.